The van der Waals surface area contributed by atoms with Crippen LogP contribution in [0, 0.1) is 0 Å². The third-order valence-corrected chi connectivity index (χ3v) is 13.4. The Kier molecular flexibility index (Phi) is 9.17. The fourth-order valence-corrected chi connectivity index (χ4v) is 10.5. The topological polar surface area (TPSA) is 21.3 Å². The number of fused-ring (bicyclic) bond motifs is 7. The summed E-state index contributed by atoms with van der Waals surface area (Å²) in [7, 11) is 0. The lowest BCUT2D eigenvalue weighted by molar-refractivity contribution is 0.669. The Morgan fingerprint density at radius 1 is 0.313 bits per heavy atom. The third-order valence-electron chi connectivity index (χ3n) is 13.4. The second-order valence-electron chi connectivity index (χ2n) is 17.2. The van der Waals surface area contributed by atoms with E-state index in [1.165, 1.54) is 54.8 Å². The average Bonchev–Trinajstić information content (AvgIpc) is 3.95. The van der Waals surface area contributed by atoms with Gasteiger partial charge in [0, 0.05) is 44.0 Å². The number of benzene rings is 11. The molecule has 13 rings (SSSR count). The summed E-state index contributed by atoms with van der Waals surface area (Å²) >= 11 is 0. The zero-order valence-electron chi connectivity index (χ0n) is 36.6. The maximum atomic E-state index is 6.42. The molecule has 2 aromatic heterocycles. The van der Waals surface area contributed by atoms with Gasteiger partial charge in [0.25, 0.3) is 0 Å². The lowest BCUT2D eigenvalue weighted by atomic mass is 9.90. The van der Waals surface area contributed by atoms with Gasteiger partial charge in [0.05, 0.1) is 22.4 Å². The molecule has 13 aromatic rings. The molecule has 0 spiro atoms. The highest BCUT2D eigenvalue weighted by Gasteiger charge is 2.24. The van der Waals surface area contributed by atoms with E-state index in [2.05, 4.69) is 252 Å². The van der Waals surface area contributed by atoms with E-state index in [-0.39, 0.29) is 0 Å². The Hall–Kier alpha value is -8.92. The summed E-state index contributed by atoms with van der Waals surface area (Å²) in [6.07, 6.45) is 0. The molecule has 3 heteroatoms. The Bertz CT molecular complexity index is 3990. The number of nitrogens with zero attached hydrogens (tertiary/aromatic N) is 2. The highest BCUT2D eigenvalue weighted by atomic mass is 16.3. The van der Waals surface area contributed by atoms with E-state index >= 15 is 0 Å². The van der Waals surface area contributed by atoms with Gasteiger partial charge < -0.3 is 13.9 Å². The zero-order chi connectivity index (χ0) is 44.3. The maximum absolute atomic E-state index is 6.42. The van der Waals surface area contributed by atoms with Crippen molar-refractivity contribution in [2.75, 3.05) is 4.90 Å². The molecule has 0 bridgehead atoms. The van der Waals surface area contributed by atoms with Gasteiger partial charge in [0.15, 0.2) is 0 Å². The van der Waals surface area contributed by atoms with Gasteiger partial charge >= 0.3 is 0 Å². The molecule has 314 valence electrons. The summed E-state index contributed by atoms with van der Waals surface area (Å²) in [4.78, 5) is 2.48. The highest BCUT2D eigenvalue weighted by Crippen LogP contribution is 2.49. The average molecular weight is 855 g/mol. The van der Waals surface area contributed by atoms with E-state index in [1.54, 1.807) is 0 Å². The molecule has 0 atom stereocenters. The molecular weight excluding hydrogens is 813 g/mol. The Balaban J connectivity index is 1.07. The van der Waals surface area contributed by atoms with Crippen molar-refractivity contribution >= 4 is 71.6 Å². The van der Waals surface area contributed by atoms with Crippen LogP contribution in [0.1, 0.15) is 0 Å². The largest absolute Gasteiger partial charge is 0.456 e. The van der Waals surface area contributed by atoms with E-state index in [0.717, 1.165) is 66.9 Å². The molecule has 0 radical (unpaired) electrons. The summed E-state index contributed by atoms with van der Waals surface area (Å²) in [6, 6.07) is 92.1. The van der Waals surface area contributed by atoms with Gasteiger partial charge in [-0.3, -0.25) is 0 Å². The third kappa shape index (κ3) is 6.43. The molecule has 0 amide bonds. The predicted molar refractivity (Wildman–Crippen MR) is 282 cm³/mol. The number of anilines is 3. The van der Waals surface area contributed by atoms with Crippen LogP contribution in [0.15, 0.2) is 259 Å². The molecule has 0 saturated heterocycles. The number of hydrogen-bond acceptors (Lipinski definition) is 2. The maximum Gasteiger partial charge on any atom is 0.136 e. The first-order valence-corrected chi connectivity index (χ1v) is 22.9. The first-order chi connectivity index (χ1) is 33.3. The SMILES string of the molecule is c1ccc(-c2cccc3cccc(-c4ccccc4N(c4cccc(-c5ccc6c(c5)oc5ccccc56)c4)c4ccccc4-c4cccc5c4c4ccccc4n5-c4ccccc4)c23)cc1. The van der Waals surface area contributed by atoms with E-state index < -0.39 is 0 Å². The van der Waals surface area contributed by atoms with Crippen LogP contribution in [-0.4, -0.2) is 4.57 Å². The molecule has 0 saturated carbocycles. The fourth-order valence-electron chi connectivity index (χ4n) is 10.5. The lowest BCUT2D eigenvalue weighted by Crippen LogP contribution is -2.12. The molecule has 0 fully saturated rings. The standard InChI is InChI=1S/C64H42N2O/c1-3-19-43(20-4-1)49-31-16-21-44-22-17-32-54(63(44)49)50-27-7-11-34-57(50)66(48-26-15-23-45(41-48)46-39-40-53-52-29-10-14-38-61(52)67-62(53)42-46)58-35-12-8-28-51(58)55-33-18-37-60-64(55)56-30-9-13-36-59(56)65(60)47-24-5-2-6-25-47/h1-42H. The summed E-state index contributed by atoms with van der Waals surface area (Å²) in [5.41, 5.74) is 17.7. The number of furan rings is 1. The van der Waals surface area contributed by atoms with Crippen LogP contribution >= 0.6 is 0 Å². The lowest BCUT2D eigenvalue weighted by Gasteiger charge is -2.30. The van der Waals surface area contributed by atoms with Crippen LogP contribution in [-0.2, 0) is 0 Å². The van der Waals surface area contributed by atoms with Gasteiger partial charge in [-0.1, -0.05) is 188 Å². The van der Waals surface area contributed by atoms with Crippen LogP contribution in [0.4, 0.5) is 17.1 Å². The number of hydrogen-bond donors (Lipinski definition) is 0. The van der Waals surface area contributed by atoms with Crippen molar-refractivity contribution in [3.8, 4) is 50.2 Å². The summed E-state index contributed by atoms with van der Waals surface area (Å²) in [5, 5.41) is 7.10. The highest BCUT2D eigenvalue weighted by molar-refractivity contribution is 6.17. The van der Waals surface area contributed by atoms with Gasteiger partial charge in [-0.15, -0.1) is 0 Å². The van der Waals surface area contributed by atoms with Gasteiger partial charge in [0.1, 0.15) is 11.2 Å². The second kappa shape index (κ2) is 16.0. The van der Waals surface area contributed by atoms with Crippen LogP contribution in [0.5, 0.6) is 0 Å². The van der Waals surface area contributed by atoms with E-state index in [1.807, 2.05) is 12.1 Å². The Labute approximate surface area is 388 Å². The summed E-state index contributed by atoms with van der Waals surface area (Å²) in [5.74, 6) is 0. The van der Waals surface area contributed by atoms with Gasteiger partial charge in [0.2, 0.25) is 0 Å². The van der Waals surface area contributed by atoms with Crippen LogP contribution in [0.3, 0.4) is 0 Å². The minimum atomic E-state index is 0.879. The van der Waals surface area contributed by atoms with Gasteiger partial charge in [-0.2, -0.15) is 0 Å². The van der Waals surface area contributed by atoms with Crippen LogP contribution in [0.2, 0.25) is 0 Å². The van der Waals surface area contributed by atoms with Crippen molar-refractivity contribution in [3.05, 3.63) is 255 Å². The number of rotatable bonds is 8. The minimum absolute atomic E-state index is 0.879. The molecule has 0 aliphatic rings. The second-order valence-corrected chi connectivity index (χ2v) is 17.2. The van der Waals surface area contributed by atoms with Crippen molar-refractivity contribution < 1.29 is 4.42 Å². The molecule has 0 unspecified atom stereocenters. The molecular formula is C64H42N2O. The van der Waals surface area contributed by atoms with E-state index in [0.29, 0.717) is 0 Å². The smallest absolute Gasteiger partial charge is 0.136 e. The Morgan fingerprint density at radius 2 is 0.851 bits per heavy atom. The van der Waals surface area contributed by atoms with Crippen LogP contribution < -0.4 is 4.90 Å². The van der Waals surface area contributed by atoms with Crippen molar-refractivity contribution in [1.29, 1.82) is 0 Å². The minimum Gasteiger partial charge on any atom is -0.456 e. The first kappa shape index (κ1) is 38.5. The summed E-state index contributed by atoms with van der Waals surface area (Å²) < 4.78 is 8.82. The Morgan fingerprint density at radius 3 is 1.63 bits per heavy atom. The van der Waals surface area contributed by atoms with Crippen molar-refractivity contribution in [2.24, 2.45) is 0 Å². The summed E-state index contributed by atoms with van der Waals surface area (Å²) in [6.45, 7) is 0. The van der Waals surface area contributed by atoms with E-state index in [4.69, 9.17) is 4.42 Å². The van der Waals surface area contributed by atoms with Crippen molar-refractivity contribution in [1.82, 2.24) is 4.57 Å². The quantitative estimate of drug-likeness (QED) is 0.152. The van der Waals surface area contributed by atoms with E-state index in [9.17, 15) is 0 Å². The van der Waals surface area contributed by atoms with Crippen LogP contribution in [0.25, 0.3) is 105 Å². The van der Waals surface area contributed by atoms with Crippen molar-refractivity contribution in [3.63, 3.8) is 0 Å². The molecule has 2 heterocycles. The van der Waals surface area contributed by atoms with Gasteiger partial charge in [-0.25, -0.2) is 0 Å². The molecule has 0 N–H and O–H groups in total. The fraction of sp³-hybridized carbons (Fsp3) is 0. The molecule has 67 heavy (non-hydrogen) atoms. The number of para-hydroxylation sites is 5. The van der Waals surface area contributed by atoms with Gasteiger partial charge in [-0.05, 0) is 111 Å². The molecule has 11 aromatic carbocycles. The molecule has 0 aliphatic heterocycles. The normalized spacial score (nSPS) is 11.6. The monoisotopic (exact) mass is 854 g/mol. The number of aromatic nitrogens is 1. The van der Waals surface area contributed by atoms with Crippen molar-refractivity contribution in [2.45, 2.75) is 0 Å². The molecule has 0 aliphatic carbocycles. The predicted octanol–water partition coefficient (Wildman–Crippen LogP) is 18.0. The first-order valence-electron chi connectivity index (χ1n) is 22.9. The zero-order valence-corrected chi connectivity index (χ0v) is 36.6. The molecule has 3 nitrogen and oxygen atoms in total.